The molecule has 2 aliphatic rings. The van der Waals surface area contributed by atoms with E-state index in [-0.39, 0.29) is 0 Å². The Hall–Kier alpha value is -0.0800. The molecule has 1 atom stereocenters. The average Bonchev–Trinajstić information content (AvgIpc) is 3.19. The van der Waals surface area contributed by atoms with E-state index < -0.39 is 0 Å². The van der Waals surface area contributed by atoms with Gasteiger partial charge in [0, 0.05) is 18.6 Å². The highest BCUT2D eigenvalue weighted by Gasteiger charge is 2.33. The molecule has 0 heterocycles. The third kappa shape index (κ3) is 3.96. The Labute approximate surface area is 107 Å². The minimum Gasteiger partial charge on any atom is -0.329 e. The van der Waals surface area contributed by atoms with E-state index in [0.717, 1.165) is 18.5 Å². The molecule has 2 N–H and O–H groups in total. The zero-order valence-corrected chi connectivity index (χ0v) is 11.5. The molecular formula is C15H30N2. The second-order valence-corrected chi connectivity index (χ2v) is 6.10. The van der Waals surface area contributed by atoms with Crippen molar-refractivity contribution in [3.63, 3.8) is 0 Å². The van der Waals surface area contributed by atoms with E-state index in [2.05, 4.69) is 11.8 Å². The van der Waals surface area contributed by atoms with Crippen molar-refractivity contribution in [2.75, 3.05) is 13.1 Å². The fraction of sp³-hybridized carbons (Fsp3) is 1.00. The molecule has 2 nitrogen and oxygen atoms in total. The van der Waals surface area contributed by atoms with Crippen molar-refractivity contribution in [2.45, 2.75) is 76.8 Å². The Morgan fingerprint density at radius 3 is 2.35 bits per heavy atom. The lowest BCUT2D eigenvalue weighted by atomic mass is 9.84. The summed E-state index contributed by atoms with van der Waals surface area (Å²) in [5.74, 6) is 0.968. The number of hydrogen-bond donors (Lipinski definition) is 1. The van der Waals surface area contributed by atoms with Gasteiger partial charge in [-0.05, 0) is 38.1 Å². The van der Waals surface area contributed by atoms with Gasteiger partial charge in [-0.1, -0.05) is 39.0 Å². The van der Waals surface area contributed by atoms with Crippen LogP contribution >= 0.6 is 0 Å². The minimum absolute atomic E-state index is 0.672. The molecule has 0 amide bonds. The Balaban J connectivity index is 1.84. The van der Waals surface area contributed by atoms with E-state index in [1.54, 1.807) is 0 Å². The first-order valence-corrected chi connectivity index (χ1v) is 7.81. The highest BCUT2D eigenvalue weighted by atomic mass is 15.2. The van der Waals surface area contributed by atoms with E-state index in [4.69, 9.17) is 5.73 Å². The Kier molecular flexibility index (Phi) is 5.30. The van der Waals surface area contributed by atoms with Crippen LogP contribution in [0.5, 0.6) is 0 Å². The van der Waals surface area contributed by atoms with Crippen LogP contribution in [0.2, 0.25) is 0 Å². The van der Waals surface area contributed by atoms with E-state index in [9.17, 15) is 0 Å². The molecule has 2 saturated carbocycles. The molecule has 2 fully saturated rings. The maximum atomic E-state index is 6.05. The van der Waals surface area contributed by atoms with Gasteiger partial charge in [0.25, 0.3) is 0 Å². The third-order valence-electron chi connectivity index (χ3n) is 4.57. The van der Waals surface area contributed by atoms with Gasteiger partial charge in [-0.2, -0.15) is 0 Å². The van der Waals surface area contributed by atoms with Crippen LogP contribution in [-0.2, 0) is 0 Å². The summed E-state index contributed by atoms with van der Waals surface area (Å²) in [7, 11) is 0. The predicted molar refractivity (Wildman–Crippen MR) is 74.1 cm³/mol. The molecule has 0 radical (unpaired) electrons. The van der Waals surface area contributed by atoms with Crippen LogP contribution in [0.3, 0.4) is 0 Å². The Bertz CT molecular complexity index is 207. The maximum absolute atomic E-state index is 6.05. The lowest BCUT2D eigenvalue weighted by Gasteiger charge is -2.34. The van der Waals surface area contributed by atoms with Crippen molar-refractivity contribution in [3.05, 3.63) is 0 Å². The summed E-state index contributed by atoms with van der Waals surface area (Å²) in [6.07, 6.45) is 12.8. The number of nitrogens with two attached hydrogens (primary N) is 1. The zero-order chi connectivity index (χ0) is 12.1. The van der Waals surface area contributed by atoms with E-state index in [1.807, 2.05) is 0 Å². The Morgan fingerprint density at radius 1 is 1.12 bits per heavy atom. The largest absolute Gasteiger partial charge is 0.329 e. The predicted octanol–water partition coefficient (Wildman–Crippen LogP) is 3.16. The lowest BCUT2D eigenvalue weighted by Crippen LogP contribution is -2.43. The summed E-state index contributed by atoms with van der Waals surface area (Å²) in [6.45, 7) is 4.43. The van der Waals surface area contributed by atoms with Gasteiger partial charge in [-0.15, -0.1) is 0 Å². The van der Waals surface area contributed by atoms with Crippen molar-refractivity contribution < 1.29 is 0 Å². The van der Waals surface area contributed by atoms with Gasteiger partial charge in [-0.25, -0.2) is 0 Å². The molecule has 0 aromatic heterocycles. The van der Waals surface area contributed by atoms with E-state index in [1.165, 1.54) is 64.3 Å². The molecule has 0 aromatic rings. The van der Waals surface area contributed by atoms with Gasteiger partial charge in [0.05, 0.1) is 0 Å². The van der Waals surface area contributed by atoms with Gasteiger partial charge in [0.1, 0.15) is 0 Å². The molecule has 0 aliphatic heterocycles. The topological polar surface area (TPSA) is 29.3 Å². The molecule has 2 rings (SSSR count). The van der Waals surface area contributed by atoms with Crippen LogP contribution in [0.25, 0.3) is 0 Å². The molecule has 1 unspecified atom stereocenters. The van der Waals surface area contributed by atoms with Crippen LogP contribution < -0.4 is 5.73 Å². The zero-order valence-electron chi connectivity index (χ0n) is 11.5. The SMILES string of the molecule is CCCN(C1CC1)C(CN)CC1CCCCC1. The van der Waals surface area contributed by atoms with Gasteiger partial charge in [-0.3, -0.25) is 4.90 Å². The van der Waals surface area contributed by atoms with E-state index >= 15 is 0 Å². The van der Waals surface area contributed by atoms with E-state index in [0.29, 0.717) is 6.04 Å². The molecule has 0 bridgehead atoms. The molecule has 17 heavy (non-hydrogen) atoms. The number of hydrogen-bond acceptors (Lipinski definition) is 2. The standard InChI is InChI=1S/C15H30N2/c1-2-10-17(14-8-9-14)15(12-16)11-13-6-4-3-5-7-13/h13-15H,2-12,16H2,1H3. The monoisotopic (exact) mass is 238 g/mol. The highest BCUT2D eigenvalue weighted by molar-refractivity contribution is 4.90. The van der Waals surface area contributed by atoms with Crippen LogP contribution in [0.1, 0.15) is 64.7 Å². The Morgan fingerprint density at radius 2 is 1.82 bits per heavy atom. The number of nitrogens with zero attached hydrogens (tertiary/aromatic N) is 1. The molecule has 2 heteroatoms. The van der Waals surface area contributed by atoms with Gasteiger partial charge < -0.3 is 5.73 Å². The molecular weight excluding hydrogens is 208 g/mol. The summed E-state index contributed by atoms with van der Waals surface area (Å²) in [4.78, 5) is 2.73. The molecule has 100 valence electrons. The number of rotatable bonds is 7. The minimum atomic E-state index is 0.672. The summed E-state index contributed by atoms with van der Waals surface area (Å²) < 4.78 is 0. The summed E-state index contributed by atoms with van der Waals surface area (Å²) in [5, 5.41) is 0. The van der Waals surface area contributed by atoms with Crippen molar-refractivity contribution in [1.29, 1.82) is 0 Å². The molecule has 0 saturated heterocycles. The van der Waals surface area contributed by atoms with Crippen molar-refractivity contribution in [2.24, 2.45) is 11.7 Å². The fourth-order valence-corrected chi connectivity index (χ4v) is 3.50. The second-order valence-electron chi connectivity index (χ2n) is 6.10. The van der Waals surface area contributed by atoms with Gasteiger partial charge in [0.15, 0.2) is 0 Å². The molecule has 0 spiro atoms. The van der Waals surface area contributed by atoms with Crippen LogP contribution in [0.4, 0.5) is 0 Å². The summed E-state index contributed by atoms with van der Waals surface area (Å²) >= 11 is 0. The highest BCUT2D eigenvalue weighted by Crippen LogP contribution is 2.33. The first-order valence-electron chi connectivity index (χ1n) is 7.81. The van der Waals surface area contributed by atoms with Gasteiger partial charge in [0.2, 0.25) is 0 Å². The third-order valence-corrected chi connectivity index (χ3v) is 4.57. The molecule has 2 aliphatic carbocycles. The van der Waals surface area contributed by atoms with Gasteiger partial charge >= 0.3 is 0 Å². The van der Waals surface area contributed by atoms with Crippen LogP contribution in [0.15, 0.2) is 0 Å². The lowest BCUT2D eigenvalue weighted by molar-refractivity contribution is 0.151. The van der Waals surface area contributed by atoms with Crippen LogP contribution in [-0.4, -0.2) is 30.1 Å². The second kappa shape index (κ2) is 6.75. The fourth-order valence-electron chi connectivity index (χ4n) is 3.50. The van der Waals surface area contributed by atoms with Crippen LogP contribution in [0, 0.1) is 5.92 Å². The molecule has 0 aromatic carbocycles. The van der Waals surface area contributed by atoms with Crippen molar-refractivity contribution in [3.8, 4) is 0 Å². The normalized spacial score (nSPS) is 24.2. The maximum Gasteiger partial charge on any atom is 0.0223 e. The quantitative estimate of drug-likeness (QED) is 0.738. The summed E-state index contributed by atoms with van der Waals surface area (Å²) in [5.41, 5.74) is 6.05. The average molecular weight is 238 g/mol. The van der Waals surface area contributed by atoms with Crippen molar-refractivity contribution in [1.82, 2.24) is 4.90 Å². The summed E-state index contributed by atoms with van der Waals surface area (Å²) in [6, 6.07) is 1.55. The first kappa shape index (κ1) is 13.4. The first-order chi connectivity index (χ1) is 8.35. The smallest absolute Gasteiger partial charge is 0.0223 e. The van der Waals surface area contributed by atoms with Crippen molar-refractivity contribution >= 4 is 0 Å².